The number of carbonyl (C=O) groups excluding carboxylic acids is 1. The second-order valence-corrected chi connectivity index (χ2v) is 6.86. The summed E-state index contributed by atoms with van der Waals surface area (Å²) in [6.07, 6.45) is 8.55. The molecule has 0 aliphatic carbocycles. The number of aryl methyl sites for hydroxylation is 1. The molecule has 0 bridgehead atoms. The Balaban J connectivity index is 1.54. The van der Waals surface area contributed by atoms with E-state index in [9.17, 15) is 4.79 Å². The predicted molar refractivity (Wildman–Crippen MR) is 96.5 cm³/mol. The molecule has 2 heterocycles. The van der Waals surface area contributed by atoms with Gasteiger partial charge < -0.3 is 4.90 Å². The predicted octanol–water partition coefficient (Wildman–Crippen LogP) is 4.40. The van der Waals surface area contributed by atoms with Crippen molar-refractivity contribution in [3.05, 3.63) is 66.0 Å². The second kappa shape index (κ2) is 8.09. The first-order chi connectivity index (χ1) is 11.7. The zero-order valence-corrected chi connectivity index (χ0v) is 14.4. The maximum atomic E-state index is 12.8. The molecule has 0 unspecified atom stereocenters. The lowest BCUT2D eigenvalue weighted by atomic mass is 9.97. The van der Waals surface area contributed by atoms with Gasteiger partial charge in [0.2, 0.25) is 5.91 Å². The van der Waals surface area contributed by atoms with Gasteiger partial charge in [-0.2, -0.15) is 0 Å². The van der Waals surface area contributed by atoms with Crippen LogP contribution < -0.4 is 0 Å². The van der Waals surface area contributed by atoms with E-state index >= 15 is 0 Å². The van der Waals surface area contributed by atoms with Crippen LogP contribution in [0.4, 0.5) is 0 Å². The average Bonchev–Trinajstić information content (AvgIpc) is 3.11. The molecule has 3 heteroatoms. The Bertz CT molecular complexity index is 641. The molecule has 3 rings (SSSR count). The smallest absolute Gasteiger partial charge is 0.223 e. The highest BCUT2D eigenvalue weighted by molar-refractivity contribution is 5.77. The maximum absolute atomic E-state index is 12.8. The molecule has 126 valence electrons. The molecule has 24 heavy (non-hydrogen) atoms. The Labute approximate surface area is 144 Å². The van der Waals surface area contributed by atoms with Gasteiger partial charge in [-0.15, -0.1) is 0 Å². The van der Waals surface area contributed by atoms with E-state index in [4.69, 9.17) is 0 Å². The molecular formula is C21H26N2O. The van der Waals surface area contributed by atoms with Crippen LogP contribution in [0.3, 0.4) is 0 Å². The first kappa shape index (κ1) is 16.7. The van der Waals surface area contributed by atoms with Gasteiger partial charge in [-0.05, 0) is 54.9 Å². The standard InChI is InChI=1S/C21H26N2O/c1-17(9-10-18-6-3-2-4-7-18)16-21(24)23-15-5-8-20(23)19-11-13-22-14-12-19/h2-4,6-7,11-14,17,20H,5,8-10,15-16H2,1H3/t17-,20-/m1/s1. The first-order valence-corrected chi connectivity index (χ1v) is 8.97. The number of amides is 1. The van der Waals surface area contributed by atoms with Gasteiger partial charge in [-0.1, -0.05) is 37.3 Å². The van der Waals surface area contributed by atoms with E-state index in [1.54, 1.807) is 0 Å². The van der Waals surface area contributed by atoms with Gasteiger partial charge in [0.05, 0.1) is 6.04 Å². The quantitative estimate of drug-likeness (QED) is 0.789. The summed E-state index contributed by atoms with van der Waals surface area (Å²) in [5.74, 6) is 0.714. The summed E-state index contributed by atoms with van der Waals surface area (Å²) >= 11 is 0. The monoisotopic (exact) mass is 322 g/mol. The Morgan fingerprint density at radius 2 is 1.96 bits per heavy atom. The van der Waals surface area contributed by atoms with Crippen LogP contribution in [0.15, 0.2) is 54.9 Å². The van der Waals surface area contributed by atoms with E-state index in [0.29, 0.717) is 18.2 Å². The maximum Gasteiger partial charge on any atom is 0.223 e. The van der Waals surface area contributed by atoms with Gasteiger partial charge in [0.15, 0.2) is 0 Å². The zero-order chi connectivity index (χ0) is 16.8. The molecule has 0 spiro atoms. The van der Waals surface area contributed by atoms with E-state index in [-0.39, 0.29) is 6.04 Å². The summed E-state index contributed by atoms with van der Waals surface area (Å²) in [4.78, 5) is 18.9. The van der Waals surface area contributed by atoms with Crippen LogP contribution in [-0.4, -0.2) is 22.3 Å². The van der Waals surface area contributed by atoms with Gasteiger partial charge >= 0.3 is 0 Å². The lowest BCUT2D eigenvalue weighted by Crippen LogP contribution is -2.31. The van der Waals surface area contributed by atoms with Crippen molar-refractivity contribution in [2.45, 2.75) is 45.1 Å². The Hall–Kier alpha value is -2.16. The minimum atomic E-state index is 0.238. The topological polar surface area (TPSA) is 33.2 Å². The molecule has 1 aliphatic heterocycles. The lowest BCUT2D eigenvalue weighted by Gasteiger charge is -2.26. The van der Waals surface area contributed by atoms with Crippen molar-refractivity contribution < 1.29 is 4.79 Å². The Morgan fingerprint density at radius 3 is 2.71 bits per heavy atom. The summed E-state index contributed by atoms with van der Waals surface area (Å²) in [5.41, 5.74) is 2.57. The van der Waals surface area contributed by atoms with Crippen molar-refractivity contribution in [3.8, 4) is 0 Å². The van der Waals surface area contributed by atoms with Crippen LogP contribution >= 0.6 is 0 Å². The summed E-state index contributed by atoms with van der Waals surface area (Å²) in [6.45, 7) is 3.08. The van der Waals surface area contributed by atoms with E-state index < -0.39 is 0 Å². The third kappa shape index (κ3) is 4.22. The van der Waals surface area contributed by atoms with E-state index in [1.165, 1.54) is 11.1 Å². The van der Waals surface area contributed by atoms with Gasteiger partial charge in [-0.25, -0.2) is 0 Å². The molecule has 1 amide bonds. The van der Waals surface area contributed by atoms with Crippen molar-refractivity contribution in [1.29, 1.82) is 0 Å². The number of nitrogens with zero attached hydrogens (tertiary/aromatic N) is 2. The molecule has 2 aromatic rings. The molecule has 0 saturated carbocycles. The number of hydrogen-bond acceptors (Lipinski definition) is 2. The zero-order valence-electron chi connectivity index (χ0n) is 14.4. The summed E-state index contributed by atoms with van der Waals surface area (Å²) in [5, 5.41) is 0. The highest BCUT2D eigenvalue weighted by atomic mass is 16.2. The number of likely N-dealkylation sites (tertiary alicyclic amines) is 1. The normalized spacial score (nSPS) is 18.5. The Kier molecular flexibility index (Phi) is 5.63. The summed E-state index contributed by atoms with van der Waals surface area (Å²) in [6, 6.07) is 14.8. The number of aromatic nitrogens is 1. The molecule has 0 radical (unpaired) electrons. The largest absolute Gasteiger partial charge is 0.336 e. The molecule has 1 fully saturated rings. The van der Waals surface area contributed by atoms with Crippen molar-refractivity contribution in [2.75, 3.05) is 6.54 Å². The van der Waals surface area contributed by atoms with Gasteiger partial charge in [0.25, 0.3) is 0 Å². The van der Waals surface area contributed by atoms with Crippen LogP contribution in [-0.2, 0) is 11.2 Å². The van der Waals surface area contributed by atoms with Crippen molar-refractivity contribution in [3.63, 3.8) is 0 Å². The average molecular weight is 322 g/mol. The Morgan fingerprint density at radius 1 is 1.21 bits per heavy atom. The molecule has 2 atom stereocenters. The number of carbonyl (C=O) groups is 1. The fourth-order valence-corrected chi connectivity index (χ4v) is 3.57. The number of rotatable bonds is 6. The van der Waals surface area contributed by atoms with Gasteiger partial charge in [0.1, 0.15) is 0 Å². The van der Waals surface area contributed by atoms with Crippen LogP contribution in [0.1, 0.15) is 49.8 Å². The number of pyridine rings is 1. The fraction of sp³-hybridized carbons (Fsp3) is 0.429. The van der Waals surface area contributed by atoms with Gasteiger partial charge in [-0.3, -0.25) is 9.78 Å². The summed E-state index contributed by atoms with van der Waals surface area (Å²) < 4.78 is 0. The van der Waals surface area contributed by atoms with Gasteiger partial charge in [0, 0.05) is 25.4 Å². The third-order valence-corrected chi connectivity index (χ3v) is 4.96. The van der Waals surface area contributed by atoms with Crippen molar-refractivity contribution in [1.82, 2.24) is 9.88 Å². The fourth-order valence-electron chi connectivity index (χ4n) is 3.57. The number of hydrogen-bond donors (Lipinski definition) is 0. The van der Waals surface area contributed by atoms with E-state index in [2.05, 4.69) is 41.1 Å². The van der Waals surface area contributed by atoms with E-state index in [0.717, 1.165) is 32.2 Å². The summed E-state index contributed by atoms with van der Waals surface area (Å²) in [7, 11) is 0. The molecule has 1 aromatic heterocycles. The molecule has 0 N–H and O–H groups in total. The highest BCUT2D eigenvalue weighted by Crippen LogP contribution is 2.32. The number of benzene rings is 1. The van der Waals surface area contributed by atoms with Crippen LogP contribution in [0, 0.1) is 5.92 Å². The third-order valence-electron chi connectivity index (χ3n) is 4.96. The second-order valence-electron chi connectivity index (χ2n) is 6.86. The lowest BCUT2D eigenvalue weighted by molar-refractivity contribution is -0.133. The van der Waals surface area contributed by atoms with E-state index in [1.807, 2.05) is 30.6 Å². The minimum Gasteiger partial charge on any atom is -0.336 e. The molecule has 3 nitrogen and oxygen atoms in total. The first-order valence-electron chi connectivity index (χ1n) is 8.97. The molecule has 1 saturated heterocycles. The van der Waals surface area contributed by atoms with Crippen LogP contribution in [0.5, 0.6) is 0 Å². The molecule has 1 aliphatic rings. The highest BCUT2D eigenvalue weighted by Gasteiger charge is 2.30. The van der Waals surface area contributed by atoms with Crippen LogP contribution in [0.25, 0.3) is 0 Å². The molecular weight excluding hydrogens is 296 g/mol. The van der Waals surface area contributed by atoms with Crippen LogP contribution in [0.2, 0.25) is 0 Å². The minimum absolute atomic E-state index is 0.238. The SMILES string of the molecule is C[C@H](CCc1ccccc1)CC(=O)N1CCC[C@@H]1c1ccncc1. The van der Waals surface area contributed by atoms with Crippen molar-refractivity contribution in [2.24, 2.45) is 5.92 Å². The van der Waals surface area contributed by atoms with Crippen molar-refractivity contribution >= 4 is 5.91 Å². The molecule has 1 aromatic carbocycles.